The number of carbonyl (C=O) groups excluding carboxylic acids is 2. The first-order valence-electron chi connectivity index (χ1n) is 11.9. The minimum atomic E-state index is -0.618. The zero-order chi connectivity index (χ0) is 23.9. The van der Waals surface area contributed by atoms with E-state index in [1.54, 1.807) is 4.90 Å². The lowest BCUT2D eigenvalue weighted by atomic mass is 9.73. The third-order valence-corrected chi connectivity index (χ3v) is 6.77. The maximum Gasteiger partial charge on any atom is 0.410 e. The van der Waals surface area contributed by atoms with Gasteiger partial charge in [-0.1, -0.05) is 60.7 Å². The second-order valence-electron chi connectivity index (χ2n) is 10.1. The molecule has 0 aliphatic carbocycles. The summed E-state index contributed by atoms with van der Waals surface area (Å²) in [6.07, 6.45) is 0.857. The lowest BCUT2D eigenvalue weighted by Crippen LogP contribution is -2.50. The molecule has 3 aromatic carbocycles. The highest BCUT2D eigenvalue weighted by atomic mass is 16.6. The standard InChI is InChI=1S/C29H30N2O3/c1-28(2,3)34-27(33)30-19-17-29(18-20-30)24-11-7-8-12-25(24)31(26(29)32)23-15-13-22(14-16-23)21-9-5-4-6-10-21/h4-16H,17-20H2,1-3H3. The molecule has 0 saturated carbocycles. The molecule has 0 atom stereocenters. The Morgan fingerprint density at radius 2 is 1.41 bits per heavy atom. The molecule has 34 heavy (non-hydrogen) atoms. The van der Waals surface area contributed by atoms with Crippen molar-refractivity contribution in [2.75, 3.05) is 18.0 Å². The van der Waals surface area contributed by atoms with Gasteiger partial charge in [0.2, 0.25) is 5.91 Å². The molecule has 174 valence electrons. The van der Waals surface area contributed by atoms with Crippen LogP contribution in [-0.4, -0.2) is 35.6 Å². The predicted octanol–water partition coefficient (Wildman–Crippen LogP) is 6.30. The van der Waals surface area contributed by atoms with E-state index in [0.717, 1.165) is 28.1 Å². The van der Waals surface area contributed by atoms with Crippen LogP contribution in [0.5, 0.6) is 0 Å². The molecule has 1 saturated heterocycles. The van der Waals surface area contributed by atoms with E-state index in [-0.39, 0.29) is 12.0 Å². The fraction of sp³-hybridized carbons (Fsp3) is 0.310. The van der Waals surface area contributed by atoms with Crippen molar-refractivity contribution < 1.29 is 14.3 Å². The first kappa shape index (κ1) is 22.2. The van der Waals surface area contributed by atoms with Crippen LogP contribution in [0.1, 0.15) is 39.2 Å². The summed E-state index contributed by atoms with van der Waals surface area (Å²) in [5, 5.41) is 0. The lowest BCUT2D eigenvalue weighted by Gasteiger charge is -2.38. The van der Waals surface area contributed by atoms with Crippen LogP contribution in [0.15, 0.2) is 78.9 Å². The molecule has 5 nitrogen and oxygen atoms in total. The summed E-state index contributed by atoms with van der Waals surface area (Å²) >= 11 is 0. The Morgan fingerprint density at radius 1 is 0.824 bits per heavy atom. The van der Waals surface area contributed by atoms with Crippen molar-refractivity contribution in [1.82, 2.24) is 4.90 Å². The molecular formula is C29H30N2O3. The number of anilines is 2. The zero-order valence-electron chi connectivity index (χ0n) is 20.0. The van der Waals surface area contributed by atoms with Crippen molar-refractivity contribution in [1.29, 1.82) is 0 Å². The molecule has 3 aromatic rings. The topological polar surface area (TPSA) is 49.9 Å². The molecule has 0 unspecified atom stereocenters. The van der Waals surface area contributed by atoms with E-state index in [9.17, 15) is 9.59 Å². The SMILES string of the molecule is CC(C)(C)OC(=O)N1CCC2(CC1)C(=O)N(c1ccc(-c3ccccc3)cc1)c1ccccc12. The number of hydrogen-bond donors (Lipinski definition) is 0. The van der Waals surface area contributed by atoms with Gasteiger partial charge in [-0.3, -0.25) is 9.69 Å². The number of piperidine rings is 1. The van der Waals surface area contributed by atoms with Gasteiger partial charge in [-0.15, -0.1) is 0 Å². The van der Waals surface area contributed by atoms with Crippen molar-refractivity contribution in [3.63, 3.8) is 0 Å². The van der Waals surface area contributed by atoms with Gasteiger partial charge in [0.25, 0.3) is 0 Å². The van der Waals surface area contributed by atoms with Gasteiger partial charge in [0.1, 0.15) is 5.60 Å². The Bertz CT molecular complexity index is 1200. The van der Waals surface area contributed by atoms with Crippen LogP contribution >= 0.6 is 0 Å². The van der Waals surface area contributed by atoms with Crippen LogP contribution in [0, 0.1) is 0 Å². The first-order valence-corrected chi connectivity index (χ1v) is 11.9. The maximum atomic E-state index is 14.0. The van der Waals surface area contributed by atoms with E-state index in [0.29, 0.717) is 25.9 Å². The van der Waals surface area contributed by atoms with Gasteiger partial charge in [-0.25, -0.2) is 4.79 Å². The average Bonchev–Trinajstić information content (AvgIpc) is 3.07. The quantitative estimate of drug-likeness (QED) is 0.457. The molecule has 1 spiro atoms. The highest BCUT2D eigenvalue weighted by Crippen LogP contribution is 2.50. The number of para-hydroxylation sites is 1. The lowest BCUT2D eigenvalue weighted by molar-refractivity contribution is -0.124. The van der Waals surface area contributed by atoms with E-state index in [1.165, 1.54) is 0 Å². The number of ether oxygens (including phenoxy) is 1. The van der Waals surface area contributed by atoms with Gasteiger partial charge in [0.05, 0.1) is 11.1 Å². The monoisotopic (exact) mass is 454 g/mol. The highest BCUT2D eigenvalue weighted by molar-refractivity contribution is 6.13. The average molecular weight is 455 g/mol. The Hall–Kier alpha value is -3.60. The predicted molar refractivity (Wildman–Crippen MR) is 134 cm³/mol. The van der Waals surface area contributed by atoms with Crippen LogP contribution in [0.2, 0.25) is 0 Å². The zero-order valence-corrected chi connectivity index (χ0v) is 20.0. The first-order chi connectivity index (χ1) is 16.3. The molecule has 2 aliphatic rings. The number of likely N-dealkylation sites (tertiary alicyclic amines) is 1. The molecule has 2 heterocycles. The second-order valence-corrected chi connectivity index (χ2v) is 10.1. The second kappa shape index (κ2) is 8.32. The molecule has 2 amide bonds. The normalized spacial score (nSPS) is 17.1. The summed E-state index contributed by atoms with van der Waals surface area (Å²) in [6.45, 7) is 6.60. The van der Waals surface area contributed by atoms with E-state index in [1.807, 2.05) is 74.2 Å². The summed E-state index contributed by atoms with van der Waals surface area (Å²) in [7, 11) is 0. The Labute approximate surface area is 201 Å². The van der Waals surface area contributed by atoms with Crippen molar-refractivity contribution >= 4 is 23.4 Å². The van der Waals surface area contributed by atoms with Gasteiger partial charge in [0.15, 0.2) is 0 Å². The fourth-order valence-corrected chi connectivity index (χ4v) is 5.08. The molecular weight excluding hydrogens is 424 g/mol. The number of benzene rings is 3. The molecule has 5 heteroatoms. The fourth-order valence-electron chi connectivity index (χ4n) is 5.08. The number of fused-ring (bicyclic) bond motifs is 2. The molecule has 0 bridgehead atoms. The summed E-state index contributed by atoms with van der Waals surface area (Å²) in [5.41, 5.74) is 3.96. The molecule has 0 aromatic heterocycles. The van der Waals surface area contributed by atoms with E-state index in [4.69, 9.17) is 4.74 Å². The number of rotatable bonds is 2. The highest BCUT2D eigenvalue weighted by Gasteiger charge is 2.53. The maximum absolute atomic E-state index is 14.0. The molecule has 0 radical (unpaired) electrons. The molecule has 1 fully saturated rings. The van der Waals surface area contributed by atoms with Gasteiger partial charge in [0, 0.05) is 18.8 Å². The van der Waals surface area contributed by atoms with Crippen molar-refractivity contribution in [2.45, 2.75) is 44.6 Å². The largest absolute Gasteiger partial charge is 0.444 e. The van der Waals surface area contributed by atoms with Crippen molar-refractivity contribution in [2.24, 2.45) is 0 Å². The van der Waals surface area contributed by atoms with Crippen molar-refractivity contribution in [3.8, 4) is 11.1 Å². The van der Waals surface area contributed by atoms with Crippen molar-refractivity contribution in [3.05, 3.63) is 84.4 Å². The van der Waals surface area contributed by atoms with E-state index in [2.05, 4.69) is 30.3 Å². The van der Waals surface area contributed by atoms with Gasteiger partial charge < -0.3 is 9.64 Å². The van der Waals surface area contributed by atoms with Crippen LogP contribution in [-0.2, 0) is 14.9 Å². The molecule has 0 N–H and O–H groups in total. The summed E-state index contributed by atoms with van der Waals surface area (Å²) in [6, 6.07) is 26.5. The minimum absolute atomic E-state index is 0.0880. The summed E-state index contributed by atoms with van der Waals surface area (Å²) in [4.78, 5) is 30.2. The van der Waals surface area contributed by atoms with E-state index >= 15 is 0 Å². The Balaban J connectivity index is 1.42. The van der Waals surface area contributed by atoms with Gasteiger partial charge >= 0.3 is 6.09 Å². The van der Waals surface area contributed by atoms with Crippen LogP contribution in [0.3, 0.4) is 0 Å². The Morgan fingerprint density at radius 3 is 2.06 bits per heavy atom. The Kier molecular flexibility index (Phi) is 5.43. The molecule has 2 aliphatic heterocycles. The van der Waals surface area contributed by atoms with Crippen LogP contribution in [0.25, 0.3) is 11.1 Å². The van der Waals surface area contributed by atoms with Crippen LogP contribution < -0.4 is 4.90 Å². The van der Waals surface area contributed by atoms with Crippen LogP contribution in [0.4, 0.5) is 16.2 Å². The molecule has 5 rings (SSSR count). The minimum Gasteiger partial charge on any atom is -0.444 e. The smallest absolute Gasteiger partial charge is 0.410 e. The van der Waals surface area contributed by atoms with E-state index < -0.39 is 11.0 Å². The third-order valence-electron chi connectivity index (χ3n) is 6.77. The van der Waals surface area contributed by atoms with Gasteiger partial charge in [-0.05, 0) is 68.5 Å². The van der Waals surface area contributed by atoms with Gasteiger partial charge in [-0.2, -0.15) is 0 Å². The summed E-state index contributed by atoms with van der Waals surface area (Å²) < 4.78 is 5.55. The third kappa shape index (κ3) is 3.85. The number of nitrogens with zero attached hydrogens (tertiary/aromatic N) is 2. The summed E-state index contributed by atoms with van der Waals surface area (Å²) in [5.74, 6) is 0.0880. The number of carbonyl (C=O) groups is 2. The number of hydrogen-bond acceptors (Lipinski definition) is 3. The number of amides is 2.